The third-order valence-electron chi connectivity index (χ3n) is 4.52. The summed E-state index contributed by atoms with van der Waals surface area (Å²) in [5.41, 5.74) is 5.83. The molecule has 0 saturated heterocycles. The molecule has 4 rings (SSSR count). The van der Waals surface area contributed by atoms with Crippen LogP contribution in [0.25, 0.3) is 11.4 Å². The van der Waals surface area contributed by atoms with Crippen LogP contribution in [0, 0.1) is 0 Å². The van der Waals surface area contributed by atoms with E-state index in [9.17, 15) is 13.2 Å². The molecule has 0 amide bonds. The van der Waals surface area contributed by atoms with E-state index in [1.165, 1.54) is 18.2 Å². The molecule has 0 saturated carbocycles. The second kappa shape index (κ2) is 12.5. The van der Waals surface area contributed by atoms with Crippen LogP contribution in [0.3, 0.4) is 0 Å². The number of nitrogens with one attached hydrogen (secondary N) is 2. The van der Waals surface area contributed by atoms with Gasteiger partial charge in [-0.2, -0.15) is 28.1 Å². The van der Waals surface area contributed by atoms with Crippen molar-refractivity contribution in [3.63, 3.8) is 0 Å². The number of benzene rings is 2. The van der Waals surface area contributed by atoms with Crippen molar-refractivity contribution in [1.82, 2.24) is 25.1 Å². The van der Waals surface area contributed by atoms with Gasteiger partial charge in [0.1, 0.15) is 12.4 Å². The van der Waals surface area contributed by atoms with Crippen molar-refractivity contribution in [3.05, 3.63) is 60.2 Å². The average Bonchev–Trinajstić information content (AvgIpc) is 3.34. The third kappa shape index (κ3) is 7.80. The molecule has 2 aromatic heterocycles. The van der Waals surface area contributed by atoms with Crippen LogP contribution in [-0.2, 0) is 10.9 Å². The summed E-state index contributed by atoms with van der Waals surface area (Å²) in [6, 6.07) is 13.1. The van der Waals surface area contributed by atoms with Crippen LogP contribution in [0.2, 0.25) is 0 Å². The van der Waals surface area contributed by atoms with Gasteiger partial charge in [-0.25, -0.2) is 0 Å². The Morgan fingerprint density at radius 3 is 2.38 bits per heavy atom. The van der Waals surface area contributed by atoms with E-state index in [0.29, 0.717) is 30.4 Å². The number of methoxy groups -OCH3 is 1. The van der Waals surface area contributed by atoms with Crippen molar-refractivity contribution in [2.24, 2.45) is 0 Å². The topological polar surface area (TPSA) is 133 Å². The van der Waals surface area contributed by atoms with E-state index in [2.05, 4.69) is 30.5 Å². The lowest BCUT2D eigenvalue weighted by Crippen LogP contribution is -2.07. The van der Waals surface area contributed by atoms with E-state index in [1.54, 1.807) is 31.4 Å². The molecule has 4 N–H and O–H groups in total. The Morgan fingerprint density at radius 2 is 1.68 bits per heavy atom. The summed E-state index contributed by atoms with van der Waals surface area (Å²) in [6.07, 6.45) is -4.44. The standard InChI is InChI=1S/C22H20F3N7O3.C2H6/c1-33-9-10-34-17-12-18(29-20(26)28-17)35-16-7-5-13(6-8-16)19-30-21(32-31-19)27-15-4-2-3-14(11-15)22(23,24)25;1-2/h2-8,11-12H,9-10H2,1H3,(H2,26,28,29)(H2,27,30,31,32);1-2H3. The van der Waals surface area contributed by atoms with Gasteiger partial charge < -0.3 is 25.3 Å². The van der Waals surface area contributed by atoms with Gasteiger partial charge >= 0.3 is 6.18 Å². The molecule has 0 spiro atoms. The highest BCUT2D eigenvalue weighted by Crippen LogP contribution is 2.31. The summed E-state index contributed by atoms with van der Waals surface area (Å²) in [5, 5.41) is 9.51. The van der Waals surface area contributed by atoms with Gasteiger partial charge in [0.15, 0.2) is 5.82 Å². The maximum atomic E-state index is 12.9. The SMILES string of the molecule is CC.COCCOc1cc(Oc2ccc(-c3nc(Nc4cccc(C(F)(F)F)c4)n[nH]3)cc2)nc(N)n1. The Morgan fingerprint density at radius 1 is 0.946 bits per heavy atom. The number of nitrogens with zero attached hydrogens (tertiary/aromatic N) is 4. The largest absolute Gasteiger partial charge is 0.475 e. The number of H-pyrrole nitrogens is 1. The van der Waals surface area contributed by atoms with Crippen LogP contribution in [0.4, 0.5) is 30.8 Å². The maximum absolute atomic E-state index is 12.9. The first kappa shape index (κ1) is 27.2. The van der Waals surface area contributed by atoms with Crippen LogP contribution in [0.5, 0.6) is 17.5 Å². The molecule has 0 bridgehead atoms. The molecule has 0 aliphatic rings. The first-order valence-corrected chi connectivity index (χ1v) is 11.2. The van der Waals surface area contributed by atoms with E-state index >= 15 is 0 Å². The number of aromatic amines is 1. The Bertz CT molecular complexity index is 1280. The molecular formula is C24H26F3N7O3. The molecule has 0 atom stereocenters. The fraction of sp³-hybridized carbons (Fsp3) is 0.250. The van der Waals surface area contributed by atoms with Crippen LogP contribution in [0.15, 0.2) is 54.6 Å². The number of ether oxygens (including phenoxy) is 3. The van der Waals surface area contributed by atoms with Crippen molar-refractivity contribution < 1.29 is 27.4 Å². The molecule has 0 aliphatic carbocycles. The Hall–Kier alpha value is -4.39. The normalized spacial score (nSPS) is 10.9. The zero-order chi connectivity index (χ0) is 26.8. The van der Waals surface area contributed by atoms with Crippen molar-refractivity contribution >= 4 is 17.6 Å². The Kier molecular flexibility index (Phi) is 9.21. The lowest BCUT2D eigenvalue weighted by atomic mass is 10.2. The van der Waals surface area contributed by atoms with Crippen LogP contribution in [-0.4, -0.2) is 45.5 Å². The van der Waals surface area contributed by atoms with Gasteiger partial charge in [0.25, 0.3) is 0 Å². The number of hydrogen-bond acceptors (Lipinski definition) is 9. The zero-order valence-corrected chi connectivity index (χ0v) is 20.3. The second-order valence-corrected chi connectivity index (χ2v) is 7.08. The van der Waals surface area contributed by atoms with E-state index in [-0.39, 0.29) is 29.3 Å². The molecule has 4 aromatic rings. The Labute approximate surface area is 211 Å². The maximum Gasteiger partial charge on any atom is 0.416 e. The number of nitrogen functional groups attached to an aromatic ring is 1. The highest BCUT2D eigenvalue weighted by Gasteiger charge is 2.30. The van der Waals surface area contributed by atoms with Gasteiger partial charge in [-0.15, -0.1) is 5.10 Å². The molecular weight excluding hydrogens is 491 g/mol. The minimum absolute atomic E-state index is 0.00556. The number of aromatic nitrogens is 5. The number of nitrogens with two attached hydrogens (primary N) is 1. The van der Waals surface area contributed by atoms with Gasteiger partial charge in [-0.1, -0.05) is 19.9 Å². The third-order valence-corrected chi connectivity index (χ3v) is 4.52. The average molecular weight is 518 g/mol. The Balaban J connectivity index is 0.00000186. The van der Waals surface area contributed by atoms with E-state index < -0.39 is 11.7 Å². The van der Waals surface area contributed by atoms with Crippen LogP contribution >= 0.6 is 0 Å². The number of alkyl halides is 3. The summed E-state index contributed by atoms with van der Waals surface area (Å²) in [6.45, 7) is 4.68. The summed E-state index contributed by atoms with van der Waals surface area (Å²) in [7, 11) is 1.56. The first-order valence-electron chi connectivity index (χ1n) is 11.2. The molecule has 2 aromatic carbocycles. The van der Waals surface area contributed by atoms with Crippen molar-refractivity contribution in [3.8, 4) is 28.9 Å². The number of halogens is 3. The molecule has 0 aliphatic heterocycles. The summed E-state index contributed by atoms with van der Waals surface area (Å²) >= 11 is 0. The van der Waals surface area contributed by atoms with Gasteiger partial charge in [-0.05, 0) is 42.5 Å². The highest BCUT2D eigenvalue weighted by atomic mass is 19.4. The first-order chi connectivity index (χ1) is 17.8. The second-order valence-electron chi connectivity index (χ2n) is 7.08. The number of anilines is 3. The van der Waals surface area contributed by atoms with Gasteiger partial charge in [0.05, 0.1) is 18.2 Å². The minimum Gasteiger partial charge on any atom is -0.475 e. The van der Waals surface area contributed by atoms with Crippen molar-refractivity contribution in [2.45, 2.75) is 20.0 Å². The number of rotatable bonds is 9. The van der Waals surface area contributed by atoms with Gasteiger partial charge in [0.2, 0.25) is 23.7 Å². The minimum atomic E-state index is -4.44. The molecule has 0 unspecified atom stereocenters. The van der Waals surface area contributed by atoms with E-state index in [1.807, 2.05) is 13.8 Å². The zero-order valence-electron chi connectivity index (χ0n) is 20.3. The molecule has 10 nitrogen and oxygen atoms in total. The summed E-state index contributed by atoms with van der Waals surface area (Å²) < 4.78 is 54.8. The monoisotopic (exact) mass is 517 g/mol. The van der Waals surface area contributed by atoms with E-state index in [0.717, 1.165) is 12.1 Å². The van der Waals surface area contributed by atoms with Crippen molar-refractivity contribution in [1.29, 1.82) is 0 Å². The van der Waals surface area contributed by atoms with Crippen molar-refractivity contribution in [2.75, 3.05) is 31.4 Å². The van der Waals surface area contributed by atoms with E-state index in [4.69, 9.17) is 19.9 Å². The summed E-state index contributed by atoms with van der Waals surface area (Å²) in [5.74, 6) is 1.45. The highest BCUT2D eigenvalue weighted by molar-refractivity contribution is 5.60. The van der Waals surface area contributed by atoms with Gasteiger partial charge in [-0.3, -0.25) is 5.10 Å². The number of hydrogen-bond donors (Lipinski definition) is 3. The molecule has 0 radical (unpaired) electrons. The molecule has 196 valence electrons. The quantitative estimate of drug-likeness (QED) is 0.248. The van der Waals surface area contributed by atoms with Gasteiger partial charge in [0, 0.05) is 18.4 Å². The lowest BCUT2D eigenvalue weighted by molar-refractivity contribution is -0.137. The summed E-state index contributed by atoms with van der Waals surface area (Å²) in [4.78, 5) is 12.3. The predicted molar refractivity (Wildman–Crippen MR) is 132 cm³/mol. The fourth-order valence-electron chi connectivity index (χ4n) is 2.93. The molecule has 13 heteroatoms. The molecule has 2 heterocycles. The van der Waals surface area contributed by atoms with Crippen LogP contribution < -0.4 is 20.5 Å². The fourth-order valence-corrected chi connectivity index (χ4v) is 2.93. The smallest absolute Gasteiger partial charge is 0.416 e. The predicted octanol–water partition coefficient (Wildman–Crippen LogP) is 5.45. The van der Waals surface area contributed by atoms with Crippen LogP contribution in [0.1, 0.15) is 19.4 Å². The lowest BCUT2D eigenvalue weighted by Gasteiger charge is -2.09. The molecule has 0 fully saturated rings. The molecule has 37 heavy (non-hydrogen) atoms.